The molecular weight excluding hydrogens is 568 g/mol. The number of nitrogens with zero attached hydrogens (tertiary/aromatic N) is 2. The Bertz CT molecular complexity index is 1800. The molecule has 238 valence electrons. The van der Waals surface area contributed by atoms with Crippen LogP contribution in [0, 0.1) is 0 Å². The van der Waals surface area contributed by atoms with Crippen molar-refractivity contribution in [1.29, 1.82) is 0 Å². The van der Waals surface area contributed by atoms with Gasteiger partial charge in [0.1, 0.15) is 29.6 Å². The smallest absolute Gasteiger partial charge is 0.210 e. The minimum atomic E-state index is -0.158. The fourth-order valence-corrected chi connectivity index (χ4v) is 7.36. The van der Waals surface area contributed by atoms with Gasteiger partial charge in [0.15, 0.2) is 5.71 Å². The highest BCUT2D eigenvalue weighted by molar-refractivity contribution is 6.03. The van der Waals surface area contributed by atoms with E-state index in [9.17, 15) is 0 Å². The predicted molar refractivity (Wildman–Crippen MR) is 189 cm³/mol. The third-order valence-electron chi connectivity index (χ3n) is 9.93. The first kappa shape index (κ1) is 31.5. The third-order valence-corrected chi connectivity index (χ3v) is 9.93. The first-order chi connectivity index (χ1) is 22.1. The standard InChI is InChI=1S/C41H47N2O3/c1-9-42-35-22-20-31(44-7)26-33(35)40(3,4)37(42)24-18-28-16-17-29(39(28)46-30-14-12-11-13-15-30)19-25-38-41(5,6)34-27-32(45-8)21-23-36(34)43(38)10-2/h11-15,18-27H,9-10,16-17H2,1-8H3/q+1. The lowest BCUT2D eigenvalue weighted by Gasteiger charge is -2.26. The first-order valence-electron chi connectivity index (χ1n) is 16.5. The second kappa shape index (κ2) is 12.4. The van der Waals surface area contributed by atoms with Crippen molar-refractivity contribution in [2.75, 3.05) is 32.2 Å². The number of benzene rings is 3. The minimum absolute atomic E-state index is 0.158. The topological polar surface area (TPSA) is 33.9 Å². The van der Waals surface area contributed by atoms with Gasteiger partial charge in [-0.25, -0.2) is 0 Å². The molecule has 0 saturated carbocycles. The van der Waals surface area contributed by atoms with Gasteiger partial charge in [-0.3, -0.25) is 0 Å². The highest BCUT2D eigenvalue weighted by Crippen LogP contribution is 2.49. The minimum Gasteiger partial charge on any atom is -0.497 e. The molecule has 0 fully saturated rings. The summed E-state index contributed by atoms with van der Waals surface area (Å²) < 4.78 is 20.3. The maximum atomic E-state index is 6.69. The average Bonchev–Trinajstić information content (AvgIpc) is 3.62. The summed E-state index contributed by atoms with van der Waals surface area (Å²) in [7, 11) is 3.47. The Morgan fingerprint density at radius 1 is 0.761 bits per heavy atom. The van der Waals surface area contributed by atoms with Crippen molar-refractivity contribution in [3.63, 3.8) is 0 Å². The van der Waals surface area contributed by atoms with Gasteiger partial charge in [0.2, 0.25) is 5.69 Å². The van der Waals surface area contributed by atoms with Gasteiger partial charge in [-0.15, -0.1) is 0 Å². The van der Waals surface area contributed by atoms with Crippen molar-refractivity contribution >= 4 is 17.1 Å². The van der Waals surface area contributed by atoms with Crippen LogP contribution < -0.4 is 19.1 Å². The van der Waals surface area contributed by atoms with Crippen LogP contribution in [0.1, 0.15) is 65.5 Å². The summed E-state index contributed by atoms with van der Waals surface area (Å²) in [6.45, 7) is 15.4. The molecule has 3 aromatic carbocycles. The van der Waals surface area contributed by atoms with E-state index in [4.69, 9.17) is 14.2 Å². The summed E-state index contributed by atoms with van der Waals surface area (Å²) in [5.41, 5.74) is 9.76. The Morgan fingerprint density at radius 3 is 2.13 bits per heavy atom. The second-order valence-corrected chi connectivity index (χ2v) is 13.2. The molecule has 6 rings (SSSR count). The van der Waals surface area contributed by atoms with Gasteiger partial charge in [0.25, 0.3) is 0 Å². The number of fused-ring (bicyclic) bond motifs is 2. The third kappa shape index (κ3) is 5.36. The zero-order valence-corrected chi connectivity index (χ0v) is 28.6. The van der Waals surface area contributed by atoms with E-state index in [1.807, 2.05) is 30.3 Å². The van der Waals surface area contributed by atoms with Crippen LogP contribution >= 0.6 is 0 Å². The molecule has 46 heavy (non-hydrogen) atoms. The maximum Gasteiger partial charge on any atom is 0.210 e. The molecule has 5 nitrogen and oxygen atoms in total. The number of likely N-dealkylation sites (N-methyl/N-ethyl adjacent to an activating group) is 1. The van der Waals surface area contributed by atoms with Crippen LogP contribution in [0.15, 0.2) is 114 Å². The molecule has 0 aromatic heterocycles. The predicted octanol–water partition coefficient (Wildman–Crippen LogP) is 9.41. The van der Waals surface area contributed by atoms with Crippen molar-refractivity contribution in [2.45, 2.75) is 65.2 Å². The van der Waals surface area contributed by atoms with Crippen LogP contribution in [0.3, 0.4) is 0 Å². The maximum absolute atomic E-state index is 6.69. The number of hydrogen-bond acceptors (Lipinski definition) is 4. The molecule has 0 atom stereocenters. The lowest BCUT2D eigenvalue weighted by Crippen LogP contribution is -2.27. The molecule has 1 aliphatic carbocycles. The van der Waals surface area contributed by atoms with Crippen molar-refractivity contribution in [1.82, 2.24) is 0 Å². The summed E-state index contributed by atoms with van der Waals surface area (Å²) >= 11 is 0. The van der Waals surface area contributed by atoms with Crippen LogP contribution in [0.2, 0.25) is 0 Å². The SMILES string of the molecule is CCN1/C(=C/C=C2\CCC(/C=C/C3=[N+](CC)c4ccc(OC)cc4C3(C)C)=C2Oc2ccccc2)C(C)(C)c2cc(OC)ccc21. The number of rotatable bonds is 9. The Labute approximate surface area is 274 Å². The molecule has 0 bridgehead atoms. The molecule has 0 amide bonds. The van der Waals surface area contributed by atoms with Crippen LogP contribution in [-0.4, -0.2) is 37.6 Å². The lowest BCUT2D eigenvalue weighted by atomic mass is 9.81. The Balaban J connectivity index is 1.40. The van der Waals surface area contributed by atoms with E-state index in [0.717, 1.165) is 48.9 Å². The molecule has 0 spiro atoms. The van der Waals surface area contributed by atoms with Gasteiger partial charge >= 0.3 is 0 Å². The van der Waals surface area contributed by atoms with Crippen molar-refractivity contribution in [3.8, 4) is 17.2 Å². The van der Waals surface area contributed by atoms with Gasteiger partial charge in [-0.2, -0.15) is 4.58 Å². The molecule has 0 saturated heterocycles. The molecule has 2 heterocycles. The number of para-hydroxylation sites is 1. The van der Waals surface area contributed by atoms with Crippen LogP contribution in [-0.2, 0) is 10.8 Å². The molecule has 0 radical (unpaired) electrons. The second-order valence-electron chi connectivity index (χ2n) is 13.2. The van der Waals surface area contributed by atoms with E-state index in [-0.39, 0.29) is 10.8 Å². The van der Waals surface area contributed by atoms with Crippen molar-refractivity contribution in [3.05, 3.63) is 125 Å². The lowest BCUT2D eigenvalue weighted by molar-refractivity contribution is -0.433. The van der Waals surface area contributed by atoms with Gasteiger partial charge in [-0.05, 0) is 112 Å². The van der Waals surface area contributed by atoms with Crippen LogP contribution in [0.4, 0.5) is 11.4 Å². The van der Waals surface area contributed by atoms with E-state index in [0.29, 0.717) is 0 Å². The molecule has 2 aliphatic heterocycles. The summed E-state index contributed by atoms with van der Waals surface area (Å²) in [6, 6.07) is 23.0. The van der Waals surface area contributed by atoms with Gasteiger partial charge in [0.05, 0.1) is 19.6 Å². The van der Waals surface area contributed by atoms with Gasteiger partial charge in [-0.1, -0.05) is 38.1 Å². The molecule has 3 aromatic rings. The highest BCUT2D eigenvalue weighted by atomic mass is 16.5. The fraction of sp³-hybridized carbons (Fsp3) is 0.341. The van der Waals surface area contributed by atoms with Crippen molar-refractivity contribution in [2.24, 2.45) is 0 Å². The first-order valence-corrected chi connectivity index (χ1v) is 16.5. The monoisotopic (exact) mass is 615 g/mol. The van der Waals surface area contributed by atoms with Crippen molar-refractivity contribution < 1.29 is 18.8 Å². The van der Waals surface area contributed by atoms with E-state index in [1.165, 1.54) is 45.1 Å². The van der Waals surface area contributed by atoms with E-state index in [2.05, 4.69) is 112 Å². The number of methoxy groups -OCH3 is 2. The van der Waals surface area contributed by atoms with E-state index >= 15 is 0 Å². The number of allylic oxidation sites excluding steroid dienone is 7. The molecular formula is C41H47N2O3+. The van der Waals surface area contributed by atoms with Crippen LogP contribution in [0.25, 0.3) is 0 Å². The summed E-state index contributed by atoms with van der Waals surface area (Å²) in [5, 5.41) is 0. The quantitative estimate of drug-likeness (QED) is 0.225. The Kier molecular flexibility index (Phi) is 8.45. The van der Waals surface area contributed by atoms with E-state index < -0.39 is 0 Å². The summed E-state index contributed by atoms with van der Waals surface area (Å²) in [4.78, 5) is 2.42. The Morgan fingerprint density at radius 2 is 1.46 bits per heavy atom. The Hall–Kier alpha value is -4.51. The number of ether oxygens (including phenoxy) is 3. The molecule has 3 aliphatic rings. The number of anilines is 1. The normalized spacial score (nSPS) is 19.9. The summed E-state index contributed by atoms with van der Waals surface area (Å²) in [5.74, 6) is 3.59. The van der Waals surface area contributed by atoms with E-state index in [1.54, 1.807) is 14.2 Å². The zero-order valence-electron chi connectivity index (χ0n) is 28.6. The van der Waals surface area contributed by atoms with Gasteiger partial charge in [0, 0.05) is 41.1 Å². The summed E-state index contributed by atoms with van der Waals surface area (Å²) in [6.07, 6.45) is 11.0. The number of hydrogen-bond donors (Lipinski definition) is 0. The fourth-order valence-electron chi connectivity index (χ4n) is 7.36. The molecule has 0 unspecified atom stereocenters. The largest absolute Gasteiger partial charge is 0.497 e. The molecule has 5 heteroatoms. The average molecular weight is 616 g/mol. The van der Waals surface area contributed by atoms with Crippen LogP contribution in [0.5, 0.6) is 17.2 Å². The van der Waals surface area contributed by atoms with Gasteiger partial charge < -0.3 is 19.1 Å². The zero-order chi connectivity index (χ0) is 32.6. The highest BCUT2D eigenvalue weighted by Gasteiger charge is 2.44. The molecule has 0 N–H and O–H groups in total.